The van der Waals surface area contributed by atoms with Crippen LogP contribution in [-0.4, -0.2) is 13.2 Å². The number of benzene rings is 2. The average molecular weight is 238 g/mol. The molecule has 1 heterocycles. The third-order valence-electron chi connectivity index (χ3n) is 3.67. The number of hydrogen-bond donors (Lipinski definition) is 1. The van der Waals surface area contributed by atoms with Crippen LogP contribution in [0.3, 0.4) is 0 Å². The molecule has 0 aromatic heterocycles. The Balaban J connectivity index is 2.02. The molecular weight excluding hydrogens is 224 g/mol. The van der Waals surface area contributed by atoms with Gasteiger partial charge in [-0.3, -0.25) is 0 Å². The van der Waals surface area contributed by atoms with E-state index < -0.39 is 5.41 Å². The number of hydrogen-bond acceptors (Lipinski definition) is 3. The van der Waals surface area contributed by atoms with Crippen LogP contribution >= 0.6 is 0 Å². The Kier molecular flexibility index (Phi) is 2.55. The van der Waals surface area contributed by atoms with Crippen molar-refractivity contribution < 1.29 is 4.74 Å². The molecule has 18 heavy (non-hydrogen) atoms. The summed E-state index contributed by atoms with van der Waals surface area (Å²) >= 11 is 0. The minimum absolute atomic E-state index is 0.291. The average Bonchev–Trinajstić information content (AvgIpc) is 2.37. The van der Waals surface area contributed by atoms with Gasteiger partial charge in [-0.15, -0.1) is 0 Å². The molecule has 2 aromatic rings. The van der Waals surface area contributed by atoms with Crippen LogP contribution in [0.5, 0.6) is 0 Å². The third-order valence-corrected chi connectivity index (χ3v) is 3.67. The van der Waals surface area contributed by atoms with Gasteiger partial charge >= 0.3 is 0 Å². The Hall–Kier alpha value is -1.89. The topological polar surface area (TPSA) is 59.0 Å². The molecule has 1 saturated heterocycles. The SMILES string of the molecule is N#CC1(C(N)c2ccc3ccccc3c2)COC1. The van der Waals surface area contributed by atoms with Gasteiger partial charge in [-0.1, -0.05) is 36.4 Å². The molecular formula is C15H14N2O. The van der Waals surface area contributed by atoms with Crippen molar-refractivity contribution in [3.8, 4) is 6.07 Å². The fourth-order valence-electron chi connectivity index (χ4n) is 2.36. The van der Waals surface area contributed by atoms with Gasteiger partial charge in [0.1, 0.15) is 5.41 Å². The summed E-state index contributed by atoms with van der Waals surface area (Å²) in [5.74, 6) is 0. The highest BCUT2D eigenvalue weighted by atomic mass is 16.5. The van der Waals surface area contributed by atoms with Gasteiger partial charge in [-0.25, -0.2) is 0 Å². The summed E-state index contributed by atoms with van der Waals surface area (Å²) in [5.41, 5.74) is 6.68. The Morgan fingerprint density at radius 3 is 2.50 bits per heavy atom. The molecule has 0 radical (unpaired) electrons. The number of fused-ring (bicyclic) bond motifs is 1. The van der Waals surface area contributed by atoms with Crippen LogP contribution in [0.25, 0.3) is 10.8 Å². The summed E-state index contributed by atoms with van der Waals surface area (Å²) in [6.07, 6.45) is 0. The van der Waals surface area contributed by atoms with Crippen LogP contribution in [0, 0.1) is 16.7 Å². The van der Waals surface area contributed by atoms with Gasteiger partial charge < -0.3 is 10.5 Å². The summed E-state index contributed by atoms with van der Waals surface area (Å²) in [7, 11) is 0. The highest BCUT2D eigenvalue weighted by Gasteiger charge is 2.45. The molecule has 1 unspecified atom stereocenters. The Labute approximate surface area is 106 Å². The molecule has 90 valence electrons. The molecule has 1 aliphatic rings. The smallest absolute Gasteiger partial charge is 0.123 e. The standard InChI is InChI=1S/C15H14N2O/c16-8-15(9-18-10-15)14(17)13-6-5-11-3-1-2-4-12(11)7-13/h1-7,14H,9-10,17H2. The molecule has 2 aromatic carbocycles. The predicted octanol–water partition coefficient (Wildman–Crippen LogP) is 2.38. The lowest BCUT2D eigenvalue weighted by molar-refractivity contribution is -0.0910. The molecule has 1 fully saturated rings. The van der Waals surface area contributed by atoms with Crippen molar-refractivity contribution in [3.63, 3.8) is 0 Å². The van der Waals surface area contributed by atoms with E-state index in [1.54, 1.807) is 0 Å². The largest absolute Gasteiger partial charge is 0.378 e. The van der Waals surface area contributed by atoms with Crippen molar-refractivity contribution in [2.24, 2.45) is 11.1 Å². The van der Waals surface area contributed by atoms with E-state index in [-0.39, 0.29) is 6.04 Å². The Morgan fingerprint density at radius 1 is 1.17 bits per heavy atom. The van der Waals surface area contributed by atoms with Gasteiger partial charge in [0.2, 0.25) is 0 Å². The van der Waals surface area contributed by atoms with Gasteiger partial charge in [0.25, 0.3) is 0 Å². The van der Waals surface area contributed by atoms with Crippen molar-refractivity contribution >= 4 is 10.8 Å². The van der Waals surface area contributed by atoms with Crippen molar-refractivity contribution in [1.29, 1.82) is 5.26 Å². The normalized spacial score (nSPS) is 18.9. The Bertz CT molecular complexity index is 626. The zero-order chi connectivity index (χ0) is 12.6. The minimum Gasteiger partial charge on any atom is -0.378 e. The van der Waals surface area contributed by atoms with Gasteiger partial charge in [0, 0.05) is 0 Å². The zero-order valence-corrected chi connectivity index (χ0v) is 9.97. The lowest BCUT2D eigenvalue weighted by Gasteiger charge is -2.39. The second-order valence-corrected chi connectivity index (χ2v) is 4.85. The van der Waals surface area contributed by atoms with E-state index >= 15 is 0 Å². The quantitative estimate of drug-likeness (QED) is 0.873. The first-order valence-electron chi connectivity index (χ1n) is 5.98. The number of rotatable bonds is 2. The van der Waals surface area contributed by atoms with E-state index in [1.807, 2.05) is 18.2 Å². The summed E-state index contributed by atoms with van der Waals surface area (Å²) in [6, 6.07) is 16.3. The summed E-state index contributed by atoms with van der Waals surface area (Å²) in [5, 5.41) is 11.6. The Morgan fingerprint density at radius 2 is 1.89 bits per heavy atom. The zero-order valence-electron chi connectivity index (χ0n) is 9.97. The van der Waals surface area contributed by atoms with Gasteiger partial charge in [0.05, 0.1) is 25.3 Å². The van der Waals surface area contributed by atoms with E-state index in [9.17, 15) is 5.26 Å². The molecule has 0 saturated carbocycles. The van der Waals surface area contributed by atoms with E-state index in [1.165, 1.54) is 5.39 Å². The molecule has 3 nitrogen and oxygen atoms in total. The van der Waals surface area contributed by atoms with E-state index in [0.29, 0.717) is 13.2 Å². The molecule has 1 atom stereocenters. The lowest BCUT2D eigenvalue weighted by atomic mass is 9.77. The van der Waals surface area contributed by atoms with E-state index in [2.05, 4.69) is 30.3 Å². The van der Waals surface area contributed by atoms with Crippen molar-refractivity contribution in [2.75, 3.05) is 13.2 Å². The number of ether oxygens (including phenoxy) is 1. The molecule has 3 heteroatoms. The molecule has 1 aliphatic heterocycles. The summed E-state index contributed by atoms with van der Waals surface area (Å²) in [6.45, 7) is 0.856. The molecule has 2 N–H and O–H groups in total. The van der Waals surface area contributed by atoms with Crippen LogP contribution in [0.1, 0.15) is 11.6 Å². The number of nitrogens with zero attached hydrogens (tertiary/aromatic N) is 1. The maximum atomic E-state index is 9.27. The van der Waals surface area contributed by atoms with Gasteiger partial charge in [0.15, 0.2) is 0 Å². The predicted molar refractivity (Wildman–Crippen MR) is 69.7 cm³/mol. The minimum atomic E-state index is -0.553. The summed E-state index contributed by atoms with van der Waals surface area (Å²) in [4.78, 5) is 0. The number of nitrogens with two attached hydrogens (primary N) is 1. The maximum absolute atomic E-state index is 9.27. The van der Waals surface area contributed by atoms with E-state index in [4.69, 9.17) is 10.5 Å². The first kappa shape index (κ1) is 11.2. The monoisotopic (exact) mass is 238 g/mol. The van der Waals surface area contributed by atoms with Crippen molar-refractivity contribution in [3.05, 3.63) is 48.0 Å². The second-order valence-electron chi connectivity index (χ2n) is 4.85. The second kappa shape index (κ2) is 4.09. The van der Waals surface area contributed by atoms with Crippen LogP contribution < -0.4 is 5.73 Å². The lowest BCUT2D eigenvalue weighted by Crippen LogP contribution is -2.49. The highest BCUT2D eigenvalue weighted by Crippen LogP contribution is 2.38. The maximum Gasteiger partial charge on any atom is 0.123 e. The fraction of sp³-hybridized carbons (Fsp3) is 0.267. The van der Waals surface area contributed by atoms with Crippen LogP contribution in [0.2, 0.25) is 0 Å². The van der Waals surface area contributed by atoms with Gasteiger partial charge in [-0.2, -0.15) is 5.26 Å². The molecule has 3 rings (SSSR count). The summed E-state index contributed by atoms with van der Waals surface area (Å²) < 4.78 is 5.16. The number of nitriles is 1. The van der Waals surface area contributed by atoms with Crippen molar-refractivity contribution in [1.82, 2.24) is 0 Å². The molecule has 0 amide bonds. The molecule has 0 aliphatic carbocycles. The van der Waals surface area contributed by atoms with Crippen LogP contribution in [0.4, 0.5) is 0 Å². The fourth-order valence-corrected chi connectivity index (χ4v) is 2.36. The first-order chi connectivity index (χ1) is 8.75. The van der Waals surface area contributed by atoms with E-state index in [0.717, 1.165) is 10.9 Å². The third kappa shape index (κ3) is 1.59. The van der Waals surface area contributed by atoms with Crippen molar-refractivity contribution in [2.45, 2.75) is 6.04 Å². The van der Waals surface area contributed by atoms with Crippen LogP contribution in [-0.2, 0) is 4.74 Å². The molecule has 0 spiro atoms. The van der Waals surface area contributed by atoms with Gasteiger partial charge in [-0.05, 0) is 22.4 Å². The van der Waals surface area contributed by atoms with Crippen LogP contribution in [0.15, 0.2) is 42.5 Å². The first-order valence-corrected chi connectivity index (χ1v) is 5.98. The molecule has 0 bridgehead atoms. The highest BCUT2D eigenvalue weighted by molar-refractivity contribution is 5.83.